The number of piperazine rings is 1. The molecule has 0 saturated carbocycles. The van der Waals surface area contributed by atoms with Gasteiger partial charge in [0.25, 0.3) is 0 Å². The minimum atomic E-state index is -0.256. The van der Waals surface area contributed by atoms with Crippen LogP contribution >= 0.6 is 0 Å². The fourth-order valence-corrected chi connectivity index (χ4v) is 3.51. The summed E-state index contributed by atoms with van der Waals surface area (Å²) in [5.41, 5.74) is 3.12. The Morgan fingerprint density at radius 2 is 1.66 bits per heavy atom. The molecular weight excluding hydrogens is 368 g/mol. The summed E-state index contributed by atoms with van der Waals surface area (Å²) >= 11 is 0. The van der Waals surface area contributed by atoms with Crippen LogP contribution in [0.5, 0.6) is 0 Å². The number of amides is 1. The normalized spacial score (nSPS) is 17.0. The molecule has 6 heteroatoms. The van der Waals surface area contributed by atoms with Crippen LogP contribution in [0, 0.1) is 0 Å². The smallest absolute Gasteiger partial charge is 0.410 e. The number of hydrogen-bond donors (Lipinski definition) is 0. The van der Waals surface area contributed by atoms with Crippen molar-refractivity contribution in [1.29, 1.82) is 0 Å². The Kier molecular flexibility index (Phi) is 7.25. The predicted molar refractivity (Wildman–Crippen MR) is 110 cm³/mol. The summed E-state index contributed by atoms with van der Waals surface area (Å²) < 4.78 is 10.2. The molecule has 2 aromatic carbocycles. The molecule has 0 aromatic heterocycles. The summed E-state index contributed by atoms with van der Waals surface area (Å²) in [5.74, 6) is -0.234. The van der Waals surface area contributed by atoms with Crippen molar-refractivity contribution in [2.24, 2.45) is 0 Å². The van der Waals surface area contributed by atoms with E-state index in [0.29, 0.717) is 13.2 Å². The summed E-state index contributed by atoms with van der Waals surface area (Å²) in [5, 5.41) is 0. The molecule has 29 heavy (non-hydrogen) atoms. The molecule has 0 N–H and O–H groups in total. The van der Waals surface area contributed by atoms with Gasteiger partial charge in [0.05, 0.1) is 13.5 Å². The standard InChI is InChI=1S/C23H28N2O4/c1-18-15-24(16-20-10-8-19(9-11-20)14-22(26)28-2)12-13-25(18)23(27)29-17-21-6-4-3-5-7-21/h3-11,18H,12-17H2,1-2H3/t18-/m1/s1. The van der Waals surface area contributed by atoms with E-state index < -0.39 is 0 Å². The lowest BCUT2D eigenvalue weighted by atomic mass is 10.1. The molecule has 1 atom stereocenters. The van der Waals surface area contributed by atoms with E-state index in [0.717, 1.165) is 30.8 Å². The first-order chi connectivity index (χ1) is 14.0. The van der Waals surface area contributed by atoms with Gasteiger partial charge in [0.15, 0.2) is 0 Å². The molecule has 0 bridgehead atoms. The maximum absolute atomic E-state index is 12.4. The Morgan fingerprint density at radius 1 is 0.966 bits per heavy atom. The van der Waals surface area contributed by atoms with Crippen LogP contribution in [-0.4, -0.2) is 54.6 Å². The Bertz CT molecular complexity index is 807. The largest absolute Gasteiger partial charge is 0.469 e. The third-order valence-corrected chi connectivity index (χ3v) is 5.16. The van der Waals surface area contributed by atoms with E-state index in [4.69, 9.17) is 9.47 Å². The van der Waals surface area contributed by atoms with Gasteiger partial charge in [-0.15, -0.1) is 0 Å². The number of hydrogen-bond acceptors (Lipinski definition) is 5. The average molecular weight is 396 g/mol. The van der Waals surface area contributed by atoms with Crippen molar-refractivity contribution in [3.63, 3.8) is 0 Å². The van der Waals surface area contributed by atoms with E-state index in [9.17, 15) is 9.59 Å². The molecule has 1 fully saturated rings. The molecule has 1 aliphatic rings. The molecule has 1 heterocycles. The summed E-state index contributed by atoms with van der Waals surface area (Å²) in [4.78, 5) is 27.9. The molecular formula is C23H28N2O4. The minimum Gasteiger partial charge on any atom is -0.469 e. The maximum Gasteiger partial charge on any atom is 0.410 e. The molecule has 0 spiro atoms. The van der Waals surface area contributed by atoms with Crippen molar-refractivity contribution >= 4 is 12.1 Å². The topological polar surface area (TPSA) is 59.1 Å². The van der Waals surface area contributed by atoms with Crippen LogP contribution in [-0.2, 0) is 33.8 Å². The highest BCUT2D eigenvalue weighted by Crippen LogP contribution is 2.16. The second kappa shape index (κ2) is 10.1. The van der Waals surface area contributed by atoms with Crippen molar-refractivity contribution in [3.8, 4) is 0 Å². The van der Waals surface area contributed by atoms with Gasteiger partial charge >= 0.3 is 12.1 Å². The zero-order valence-corrected chi connectivity index (χ0v) is 17.0. The van der Waals surface area contributed by atoms with E-state index in [-0.39, 0.29) is 24.5 Å². The molecule has 6 nitrogen and oxygen atoms in total. The molecule has 154 valence electrons. The van der Waals surface area contributed by atoms with Crippen molar-refractivity contribution < 1.29 is 19.1 Å². The second-order valence-corrected chi connectivity index (χ2v) is 7.39. The van der Waals surface area contributed by atoms with Gasteiger partial charge in [0.2, 0.25) is 0 Å². The molecule has 1 aliphatic heterocycles. The molecule has 1 saturated heterocycles. The molecule has 3 rings (SSSR count). The van der Waals surface area contributed by atoms with Gasteiger partial charge in [-0.3, -0.25) is 9.69 Å². The second-order valence-electron chi connectivity index (χ2n) is 7.39. The summed E-state index contributed by atoms with van der Waals surface area (Å²) in [6.07, 6.45) is 0.0329. The van der Waals surface area contributed by atoms with E-state index in [1.165, 1.54) is 12.7 Å². The molecule has 2 aromatic rings. The van der Waals surface area contributed by atoms with Crippen LogP contribution in [0.25, 0.3) is 0 Å². The predicted octanol–water partition coefficient (Wildman–Crippen LogP) is 3.25. The number of carbonyl (C=O) groups excluding carboxylic acids is 2. The first-order valence-electron chi connectivity index (χ1n) is 9.89. The Morgan fingerprint density at radius 3 is 2.31 bits per heavy atom. The van der Waals surface area contributed by atoms with Gasteiger partial charge in [-0.1, -0.05) is 54.6 Å². The monoisotopic (exact) mass is 396 g/mol. The number of ether oxygens (including phenoxy) is 2. The molecule has 1 amide bonds. The van der Waals surface area contributed by atoms with E-state index in [2.05, 4.69) is 11.8 Å². The zero-order chi connectivity index (χ0) is 20.6. The van der Waals surface area contributed by atoms with E-state index in [1.54, 1.807) is 4.90 Å². The van der Waals surface area contributed by atoms with Gasteiger partial charge in [-0.2, -0.15) is 0 Å². The molecule has 0 radical (unpaired) electrons. The van der Waals surface area contributed by atoms with Gasteiger partial charge in [0, 0.05) is 32.2 Å². The average Bonchev–Trinajstić information content (AvgIpc) is 2.74. The highest BCUT2D eigenvalue weighted by atomic mass is 16.6. The quantitative estimate of drug-likeness (QED) is 0.702. The zero-order valence-electron chi connectivity index (χ0n) is 17.0. The first-order valence-corrected chi connectivity index (χ1v) is 9.89. The van der Waals surface area contributed by atoms with Crippen LogP contribution in [0.15, 0.2) is 54.6 Å². The number of methoxy groups -OCH3 is 1. The minimum absolute atomic E-state index is 0.0885. The number of benzene rings is 2. The van der Waals surface area contributed by atoms with Crippen molar-refractivity contribution in [2.45, 2.75) is 32.5 Å². The van der Waals surface area contributed by atoms with Crippen molar-refractivity contribution in [3.05, 3.63) is 71.3 Å². The number of nitrogens with zero attached hydrogens (tertiary/aromatic N) is 2. The van der Waals surface area contributed by atoms with Crippen molar-refractivity contribution in [2.75, 3.05) is 26.7 Å². The molecule has 0 aliphatic carbocycles. The van der Waals surface area contributed by atoms with Crippen LogP contribution in [0.4, 0.5) is 4.79 Å². The first kappa shape index (κ1) is 20.9. The van der Waals surface area contributed by atoms with Crippen LogP contribution in [0.3, 0.4) is 0 Å². The lowest BCUT2D eigenvalue weighted by Gasteiger charge is -2.39. The highest BCUT2D eigenvalue weighted by Gasteiger charge is 2.28. The van der Waals surface area contributed by atoms with E-state index >= 15 is 0 Å². The summed E-state index contributed by atoms with van der Waals surface area (Å²) in [7, 11) is 1.40. The van der Waals surface area contributed by atoms with Gasteiger partial charge < -0.3 is 14.4 Å². The highest BCUT2D eigenvalue weighted by molar-refractivity contribution is 5.72. The lowest BCUT2D eigenvalue weighted by Crippen LogP contribution is -2.53. The van der Waals surface area contributed by atoms with Gasteiger partial charge in [0.1, 0.15) is 6.61 Å². The van der Waals surface area contributed by atoms with Gasteiger partial charge in [-0.05, 0) is 23.6 Å². The van der Waals surface area contributed by atoms with Gasteiger partial charge in [-0.25, -0.2) is 4.79 Å². The summed E-state index contributed by atoms with van der Waals surface area (Å²) in [6, 6.07) is 17.8. The fraction of sp³-hybridized carbons (Fsp3) is 0.391. The third-order valence-electron chi connectivity index (χ3n) is 5.16. The fourth-order valence-electron chi connectivity index (χ4n) is 3.51. The molecule has 0 unspecified atom stereocenters. The van der Waals surface area contributed by atoms with Crippen LogP contribution in [0.1, 0.15) is 23.6 Å². The SMILES string of the molecule is COC(=O)Cc1ccc(CN2CCN(C(=O)OCc3ccccc3)[C@H](C)C2)cc1. The maximum atomic E-state index is 12.4. The number of carbonyl (C=O) groups is 2. The van der Waals surface area contributed by atoms with Crippen LogP contribution < -0.4 is 0 Å². The Hall–Kier alpha value is -2.86. The Labute approximate surface area is 172 Å². The van der Waals surface area contributed by atoms with E-state index in [1.807, 2.05) is 54.6 Å². The summed E-state index contributed by atoms with van der Waals surface area (Å²) in [6.45, 7) is 5.41. The van der Waals surface area contributed by atoms with Crippen LogP contribution in [0.2, 0.25) is 0 Å². The van der Waals surface area contributed by atoms with Crippen molar-refractivity contribution in [1.82, 2.24) is 9.80 Å². The number of esters is 1. The Balaban J connectivity index is 1.47. The number of rotatable bonds is 6. The third kappa shape index (κ3) is 6.06. The lowest BCUT2D eigenvalue weighted by molar-refractivity contribution is -0.139.